The fraction of sp³-hybridized carbons (Fsp3) is 0.357. The number of hydrogen-bond acceptors (Lipinski definition) is 1. The van der Waals surface area contributed by atoms with Gasteiger partial charge < -0.3 is 0 Å². The Morgan fingerprint density at radius 1 is 1.06 bits per heavy atom. The molecule has 2 nitrogen and oxygen atoms in total. The van der Waals surface area contributed by atoms with E-state index in [-0.39, 0.29) is 5.41 Å². The molecule has 0 atom stereocenters. The molecule has 16 heavy (non-hydrogen) atoms. The van der Waals surface area contributed by atoms with Gasteiger partial charge in [-0.15, -0.1) is 0 Å². The van der Waals surface area contributed by atoms with Crippen molar-refractivity contribution in [2.24, 2.45) is 0 Å². The molecule has 2 heteroatoms. The van der Waals surface area contributed by atoms with Gasteiger partial charge in [0, 0.05) is 5.56 Å². The largest absolute Gasteiger partial charge is 0.278 e. The lowest BCUT2D eigenvalue weighted by Gasteiger charge is -2.18. The molecule has 0 saturated heterocycles. The molecule has 0 radical (unpaired) electrons. The van der Waals surface area contributed by atoms with Crippen LogP contribution in [0.15, 0.2) is 30.5 Å². The Morgan fingerprint density at radius 2 is 1.69 bits per heavy atom. The number of aromatic nitrogens is 2. The Morgan fingerprint density at radius 3 is 2.25 bits per heavy atom. The van der Waals surface area contributed by atoms with Gasteiger partial charge in [-0.1, -0.05) is 50.6 Å². The summed E-state index contributed by atoms with van der Waals surface area (Å²) in [6.45, 7) is 8.71. The Balaban J connectivity index is 2.49. The standard InChI is InChI=1S/C14H18N2/c1-10-5-7-11(8-6-10)13-12(9-15-16-13)14(2,3)4/h5-9H,1-4H3,(H,15,16). The van der Waals surface area contributed by atoms with Crippen LogP contribution in [-0.2, 0) is 5.41 Å². The molecule has 1 aromatic carbocycles. The van der Waals surface area contributed by atoms with Gasteiger partial charge >= 0.3 is 0 Å². The lowest BCUT2D eigenvalue weighted by molar-refractivity contribution is 0.592. The second-order valence-corrected chi connectivity index (χ2v) is 5.27. The Bertz CT molecular complexity index is 472. The molecule has 0 bridgehead atoms. The van der Waals surface area contributed by atoms with Crippen molar-refractivity contribution in [3.05, 3.63) is 41.6 Å². The van der Waals surface area contributed by atoms with Crippen LogP contribution in [0.4, 0.5) is 0 Å². The highest BCUT2D eigenvalue weighted by Crippen LogP contribution is 2.30. The predicted molar refractivity (Wildman–Crippen MR) is 67.5 cm³/mol. The summed E-state index contributed by atoms with van der Waals surface area (Å²) in [6, 6.07) is 8.53. The number of hydrogen-bond donors (Lipinski definition) is 1. The third-order valence-corrected chi connectivity index (χ3v) is 2.79. The number of rotatable bonds is 1. The fourth-order valence-corrected chi connectivity index (χ4v) is 1.80. The summed E-state index contributed by atoms with van der Waals surface area (Å²) in [6.07, 6.45) is 1.93. The van der Waals surface area contributed by atoms with Crippen molar-refractivity contribution in [3.63, 3.8) is 0 Å². The van der Waals surface area contributed by atoms with Gasteiger partial charge in [-0.2, -0.15) is 5.10 Å². The lowest BCUT2D eigenvalue weighted by atomic mass is 9.86. The van der Waals surface area contributed by atoms with Gasteiger partial charge in [-0.25, -0.2) is 0 Å². The highest BCUT2D eigenvalue weighted by molar-refractivity contribution is 5.64. The Hall–Kier alpha value is -1.57. The van der Waals surface area contributed by atoms with E-state index in [1.807, 2.05) is 6.20 Å². The van der Waals surface area contributed by atoms with Crippen molar-refractivity contribution in [2.75, 3.05) is 0 Å². The smallest absolute Gasteiger partial charge is 0.0687 e. The molecule has 0 spiro atoms. The van der Waals surface area contributed by atoms with E-state index < -0.39 is 0 Å². The SMILES string of the molecule is Cc1ccc(-c2[nH]ncc2C(C)(C)C)cc1. The van der Waals surface area contributed by atoms with E-state index >= 15 is 0 Å². The molecule has 2 rings (SSSR count). The second-order valence-electron chi connectivity index (χ2n) is 5.27. The second kappa shape index (κ2) is 3.78. The molecule has 0 aliphatic rings. The number of aromatic amines is 1. The van der Waals surface area contributed by atoms with E-state index in [4.69, 9.17) is 0 Å². The zero-order chi connectivity index (χ0) is 11.8. The first kappa shape index (κ1) is 10.9. The van der Waals surface area contributed by atoms with Gasteiger partial charge in [0.15, 0.2) is 0 Å². The first-order valence-electron chi connectivity index (χ1n) is 5.59. The third-order valence-electron chi connectivity index (χ3n) is 2.79. The van der Waals surface area contributed by atoms with Gasteiger partial charge in [0.2, 0.25) is 0 Å². The number of nitrogens with zero attached hydrogens (tertiary/aromatic N) is 1. The summed E-state index contributed by atoms with van der Waals surface area (Å²) < 4.78 is 0. The summed E-state index contributed by atoms with van der Waals surface area (Å²) in [4.78, 5) is 0. The van der Waals surface area contributed by atoms with Crippen LogP contribution in [0.2, 0.25) is 0 Å². The van der Waals surface area contributed by atoms with E-state index in [9.17, 15) is 0 Å². The van der Waals surface area contributed by atoms with Crippen molar-refractivity contribution >= 4 is 0 Å². The summed E-state index contributed by atoms with van der Waals surface area (Å²) in [5.74, 6) is 0. The van der Waals surface area contributed by atoms with Gasteiger partial charge in [-0.3, -0.25) is 5.10 Å². The van der Waals surface area contributed by atoms with Crippen LogP contribution < -0.4 is 0 Å². The molecule has 84 valence electrons. The zero-order valence-electron chi connectivity index (χ0n) is 10.3. The van der Waals surface area contributed by atoms with Crippen LogP contribution in [-0.4, -0.2) is 10.2 Å². The average molecular weight is 214 g/mol. The van der Waals surface area contributed by atoms with Gasteiger partial charge in [0.1, 0.15) is 0 Å². The van der Waals surface area contributed by atoms with E-state index in [2.05, 4.69) is 62.2 Å². The summed E-state index contributed by atoms with van der Waals surface area (Å²) in [5.41, 5.74) is 4.99. The molecule has 0 aliphatic heterocycles. The molecule has 0 saturated carbocycles. The normalized spacial score (nSPS) is 11.8. The van der Waals surface area contributed by atoms with Crippen LogP contribution in [0.5, 0.6) is 0 Å². The van der Waals surface area contributed by atoms with E-state index in [0.29, 0.717) is 0 Å². The quantitative estimate of drug-likeness (QED) is 0.770. The molecule has 1 aromatic heterocycles. The minimum absolute atomic E-state index is 0.118. The van der Waals surface area contributed by atoms with Crippen molar-refractivity contribution in [2.45, 2.75) is 33.1 Å². The topological polar surface area (TPSA) is 28.7 Å². The van der Waals surface area contributed by atoms with E-state index in [1.165, 1.54) is 16.7 Å². The maximum atomic E-state index is 4.16. The number of benzene rings is 1. The van der Waals surface area contributed by atoms with E-state index in [0.717, 1.165) is 5.69 Å². The summed E-state index contributed by atoms with van der Waals surface area (Å²) in [5, 5.41) is 7.26. The minimum Gasteiger partial charge on any atom is -0.278 e. The van der Waals surface area contributed by atoms with Crippen LogP contribution in [0, 0.1) is 6.92 Å². The highest BCUT2D eigenvalue weighted by atomic mass is 15.1. The predicted octanol–water partition coefficient (Wildman–Crippen LogP) is 3.68. The molecular weight excluding hydrogens is 196 g/mol. The van der Waals surface area contributed by atoms with Gasteiger partial charge in [0.05, 0.1) is 11.9 Å². The maximum absolute atomic E-state index is 4.16. The first-order chi connectivity index (χ1) is 7.48. The Labute approximate surface area is 96.7 Å². The minimum atomic E-state index is 0.118. The van der Waals surface area contributed by atoms with Crippen molar-refractivity contribution in [3.8, 4) is 11.3 Å². The van der Waals surface area contributed by atoms with Crippen LogP contribution in [0.1, 0.15) is 31.9 Å². The van der Waals surface area contributed by atoms with Crippen molar-refractivity contribution < 1.29 is 0 Å². The number of aryl methyl sites for hydroxylation is 1. The molecule has 0 fully saturated rings. The first-order valence-corrected chi connectivity index (χ1v) is 5.59. The van der Waals surface area contributed by atoms with Crippen LogP contribution in [0.3, 0.4) is 0 Å². The van der Waals surface area contributed by atoms with Crippen LogP contribution >= 0.6 is 0 Å². The molecule has 1 heterocycles. The summed E-state index contributed by atoms with van der Waals surface area (Å²) >= 11 is 0. The molecule has 0 amide bonds. The summed E-state index contributed by atoms with van der Waals surface area (Å²) in [7, 11) is 0. The van der Waals surface area contributed by atoms with Gasteiger partial charge in [0.25, 0.3) is 0 Å². The third kappa shape index (κ3) is 2.01. The molecular formula is C14H18N2. The molecule has 2 aromatic rings. The zero-order valence-corrected chi connectivity index (χ0v) is 10.3. The molecule has 1 N–H and O–H groups in total. The monoisotopic (exact) mass is 214 g/mol. The average Bonchev–Trinajstić information content (AvgIpc) is 2.66. The number of nitrogens with one attached hydrogen (secondary N) is 1. The molecule has 0 aliphatic carbocycles. The van der Waals surface area contributed by atoms with Crippen molar-refractivity contribution in [1.29, 1.82) is 0 Å². The van der Waals surface area contributed by atoms with Crippen molar-refractivity contribution in [1.82, 2.24) is 10.2 Å². The fourth-order valence-electron chi connectivity index (χ4n) is 1.80. The lowest BCUT2D eigenvalue weighted by Crippen LogP contribution is -2.11. The highest BCUT2D eigenvalue weighted by Gasteiger charge is 2.20. The molecule has 0 unspecified atom stereocenters. The maximum Gasteiger partial charge on any atom is 0.0687 e. The Kier molecular flexibility index (Phi) is 2.58. The van der Waals surface area contributed by atoms with E-state index in [1.54, 1.807) is 0 Å². The van der Waals surface area contributed by atoms with Crippen LogP contribution in [0.25, 0.3) is 11.3 Å². The number of H-pyrrole nitrogens is 1. The van der Waals surface area contributed by atoms with Gasteiger partial charge in [-0.05, 0) is 17.9 Å².